The summed E-state index contributed by atoms with van der Waals surface area (Å²) < 4.78 is 0. The third kappa shape index (κ3) is 2.96. The molecule has 0 N–H and O–H groups in total. The second-order valence-corrected chi connectivity index (χ2v) is 7.21. The molecule has 0 nitrogen and oxygen atoms in total. The molecule has 0 bridgehead atoms. The minimum atomic E-state index is 0.572. The van der Waals surface area contributed by atoms with Gasteiger partial charge in [-0.15, -0.1) is 0 Å². The van der Waals surface area contributed by atoms with Gasteiger partial charge in [-0.3, -0.25) is 0 Å². The number of benzene rings is 1. The summed E-state index contributed by atoms with van der Waals surface area (Å²) in [6.45, 7) is 11.7. The first-order valence-electron chi connectivity index (χ1n) is 7.49. The molecule has 1 aromatic rings. The van der Waals surface area contributed by atoms with Gasteiger partial charge in [-0.25, -0.2) is 0 Å². The van der Waals surface area contributed by atoms with Crippen molar-refractivity contribution in [3.8, 4) is 0 Å². The van der Waals surface area contributed by atoms with E-state index in [1.165, 1.54) is 36.8 Å². The third-order valence-electron chi connectivity index (χ3n) is 4.74. The Morgan fingerprint density at radius 2 is 1.72 bits per heavy atom. The fraction of sp³-hybridized carbons (Fsp3) is 0.667. The molecule has 0 amide bonds. The van der Waals surface area contributed by atoms with Gasteiger partial charge in [0.25, 0.3) is 0 Å². The second kappa shape index (κ2) is 5.07. The van der Waals surface area contributed by atoms with Crippen molar-refractivity contribution in [1.82, 2.24) is 0 Å². The van der Waals surface area contributed by atoms with Gasteiger partial charge in [0, 0.05) is 0 Å². The van der Waals surface area contributed by atoms with Gasteiger partial charge >= 0.3 is 0 Å². The molecule has 100 valence electrons. The topological polar surface area (TPSA) is 0 Å². The molecular formula is C18H28. The molecule has 0 heterocycles. The van der Waals surface area contributed by atoms with Gasteiger partial charge in [-0.2, -0.15) is 0 Å². The van der Waals surface area contributed by atoms with Gasteiger partial charge in [0.15, 0.2) is 0 Å². The first kappa shape index (κ1) is 13.6. The predicted octanol–water partition coefficient (Wildman–Crippen LogP) is 5.80. The van der Waals surface area contributed by atoms with Gasteiger partial charge in [-0.1, -0.05) is 45.9 Å². The molecule has 1 aliphatic carbocycles. The summed E-state index contributed by atoms with van der Waals surface area (Å²) in [6.07, 6.45) is 5.49. The van der Waals surface area contributed by atoms with E-state index < -0.39 is 0 Å². The van der Waals surface area contributed by atoms with Crippen LogP contribution in [0.3, 0.4) is 0 Å². The van der Waals surface area contributed by atoms with Crippen LogP contribution in [0.15, 0.2) is 18.2 Å². The maximum atomic E-state index is 2.48. The van der Waals surface area contributed by atoms with Crippen LogP contribution in [0.5, 0.6) is 0 Å². The van der Waals surface area contributed by atoms with Gasteiger partial charge < -0.3 is 0 Å². The van der Waals surface area contributed by atoms with Gasteiger partial charge in [0.1, 0.15) is 0 Å². The molecule has 1 aromatic carbocycles. The Bertz CT molecular complexity index is 402. The molecular weight excluding hydrogens is 216 g/mol. The number of hydrogen-bond donors (Lipinski definition) is 0. The van der Waals surface area contributed by atoms with E-state index in [9.17, 15) is 0 Å². The van der Waals surface area contributed by atoms with E-state index in [0.717, 1.165) is 5.92 Å². The Morgan fingerprint density at radius 3 is 2.28 bits per heavy atom. The molecule has 1 aliphatic rings. The van der Waals surface area contributed by atoms with Crippen LogP contribution in [0.25, 0.3) is 0 Å². The van der Waals surface area contributed by atoms with Crippen LogP contribution in [0.1, 0.15) is 81.9 Å². The third-order valence-corrected chi connectivity index (χ3v) is 4.74. The molecule has 2 rings (SSSR count). The van der Waals surface area contributed by atoms with E-state index in [2.05, 4.69) is 52.8 Å². The Kier molecular flexibility index (Phi) is 3.84. The standard InChI is InChI=1S/C18H28/c1-13(2)17-12-16(7-6-14(17)3)15-8-10-18(4,5)11-9-15/h6-7,12-13,15H,8-11H2,1-5H3. The molecule has 1 saturated carbocycles. The zero-order valence-electron chi connectivity index (χ0n) is 12.7. The van der Waals surface area contributed by atoms with Crippen LogP contribution >= 0.6 is 0 Å². The normalized spacial score (nSPS) is 20.3. The van der Waals surface area contributed by atoms with E-state index >= 15 is 0 Å². The molecule has 0 saturated heterocycles. The van der Waals surface area contributed by atoms with Crippen LogP contribution in [0.4, 0.5) is 0 Å². The predicted molar refractivity (Wildman–Crippen MR) is 80.3 cm³/mol. The van der Waals surface area contributed by atoms with Crippen molar-refractivity contribution in [2.24, 2.45) is 5.41 Å². The Balaban J connectivity index is 2.17. The lowest BCUT2D eigenvalue weighted by Crippen LogP contribution is -2.20. The van der Waals surface area contributed by atoms with E-state index in [0.29, 0.717) is 11.3 Å². The average molecular weight is 244 g/mol. The number of aryl methyl sites for hydroxylation is 1. The molecule has 0 radical (unpaired) electrons. The Hall–Kier alpha value is -0.780. The number of rotatable bonds is 2. The average Bonchev–Trinajstić information content (AvgIpc) is 2.30. The van der Waals surface area contributed by atoms with Crippen LogP contribution in [-0.2, 0) is 0 Å². The van der Waals surface area contributed by atoms with Crippen molar-refractivity contribution in [3.63, 3.8) is 0 Å². The highest BCUT2D eigenvalue weighted by Gasteiger charge is 2.27. The summed E-state index contributed by atoms with van der Waals surface area (Å²) >= 11 is 0. The minimum Gasteiger partial charge on any atom is -0.0599 e. The SMILES string of the molecule is Cc1ccc(C2CCC(C)(C)CC2)cc1C(C)C. The molecule has 0 aromatic heterocycles. The lowest BCUT2D eigenvalue weighted by Gasteiger charge is -2.34. The zero-order chi connectivity index (χ0) is 13.3. The van der Waals surface area contributed by atoms with Crippen molar-refractivity contribution in [2.45, 2.75) is 72.1 Å². The molecule has 0 aliphatic heterocycles. The minimum absolute atomic E-state index is 0.572. The van der Waals surface area contributed by atoms with Gasteiger partial charge in [0.2, 0.25) is 0 Å². The highest BCUT2D eigenvalue weighted by Crippen LogP contribution is 2.42. The smallest absolute Gasteiger partial charge is 0.0161 e. The highest BCUT2D eigenvalue weighted by molar-refractivity contribution is 5.35. The Morgan fingerprint density at radius 1 is 1.11 bits per heavy atom. The highest BCUT2D eigenvalue weighted by atomic mass is 14.3. The quantitative estimate of drug-likeness (QED) is 0.616. The van der Waals surface area contributed by atoms with Crippen LogP contribution in [0.2, 0.25) is 0 Å². The van der Waals surface area contributed by atoms with E-state index in [1.54, 1.807) is 5.56 Å². The van der Waals surface area contributed by atoms with Crippen molar-refractivity contribution in [2.75, 3.05) is 0 Å². The first-order chi connectivity index (χ1) is 8.39. The van der Waals surface area contributed by atoms with Gasteiger partial charge in [0.05, 0.1) is 0 Å². The molecule has 0 spiro atoms. The monoisotopic (exact) mass is 244 g/mol. The second-order valence-electron chi connectivity index (χ2n) is 7.21. The first-order valence-corrected chi connectivity index (χ1v) is 7.49. The molecule has 1 fully saturated rings. The van der Waals surface area contributed by atoms with E-state index in [-0.39, 0.29) is 0 Å². The van der Waals surface area contributed by atoms with Crippen LogP contribution in [-0.4, -0.2) is 0 Å². The lowest BCUT2D eigenvalue weighted by atomic mass is 9.71. The molecule has 0 heteroatoms. The summed E-state index contributed by atoms with van der Waals surface area (Å²) in [7, 11) is 0. The fourth-order valence-electron chi connectivity index (χ4n) is 3.27. The maximum Gasteiger partial charge on any atom is -0.0161 e. The van der Waals surface area contributed by atoms with Crippen molar-refractivity contribution >= 4 is 0 Å². The summed E-state index contributed by atoms with van der Waals surface area (Å²) in [5, 5.41) is 0. The van der Waals surface area contributed by atoms with Crippen LogP contribution in [0, 0.1) is 12.3 Å². The zero-order valence-corrected chi connectivity index (χ0v) is 12.7. The summed E-state index contributed by atoms with van der Waals surface area (Å²) in [4.78, 5) is 0. The Labute approximate surface area is 113 Å². The van der Waals surface area contributed by atoms with Crippen molar-refractivity contribution in [3.05, 3.63) is 34.9 Å². The van der Waals surface area contributed by atoms with Crippen molar-refractivity contribution < 1.29 is 0 Å². The summed E-state index contributed by atoms with van der Waals surface area (Å²) in [6, 6.07) is 7.16. The van der Waals surface area contributed by atoms with Gasteiger partial charge in [-0.05, 0) is 66.5 Å². The molecule has 18 heavy (non-hydrogen) atoms. The van der Waals surface area contributed by atoms with E-state index in [1.807, 2.05) is 0 Å². The van der Waals surface area contributed by atoms with Crippen LogP contribution < -0.4 is 0 Å². The summed E-state index contributed by atoms with van der Waals surface area (Å²) in [5.41, 5.74) is 5.14. The van der Waals surface area contributed by atoms with Crippen molar-refractivity contribution in [1.29, 1.82) is 0 Å². The fourth-order valence-corrected chi connectivity index (χ4v) is 3.27. The summed E-state index contributed by atoms with van der Waals surface area (Å²) in [5.74, 6) is 1.45. The largest absolute Gasteiger partial charge is 0.0599 e. The maximum absolute atomic E-state index is 2.48. The number of hydrogen-bond acceptors (Lipinski definition) is 0. The van der Waals surface area contributed by atoms with E-state index in [4.69, 9.17) is 0 Å². The molecule has 0 unspecified atom stereocenters. The lowest BCUT2D eigenvalue weighted by molar-refractivity contribution is 0.224. The molecule has 0 atom stereocenters.